The molecular weight excluding hydrogens is 350 g/mol. The highest BCUT2D eigenvalue weighted by Gasteiger charge is 2.41. The molecular formula is C16H15NO7S. The van der Waals surface area contributed by atoms with Gasteiger partial charge in [-0.2, -0.15) is 0 Å². The summed E-state index contributed by atoms with van der Waals surface area (Å²) < 4.78 is 20.5. The van der Waals surface area contributed by atoms with Gasteiger partial charge in [0.25, 0.3) is 11.1 Å². The highest BCUT2D eigenvalue weighted by molar-refractivity contribution is 8.18. The Morgan fingerprint density at radius 3 is 2.76 bits per heavy atom. The number of hydrogen-bond donors (Lipinski definition) is 0. The molecule has 1 fully saturated rings. The van der Waals surface area contributed by atoms with Crippen molar-refractivity contribution < 1.29 is 33.3 Å². The van der Waals surface area contributed by atoms with Crippen molar-refractivity contribution in [3.05, 3.63) is 22.6 Å². The molecule has 0 bridgehead atoms. The number of thioether (sulfide) groups is 1. The molecule has 2 aliphatic heterocycles. The van der Waals surface area contributed by atoms with Gasteiger partial charge in [-0.15, -0.1) is 0 Å². The Morgan fingerprint density at radius 2 is 2.08 bits per heavy atom. The van der Waals surface area contributed by atoms with Gasteiger partial charge in [0.2, 0.25) is 12.5 Å². The van der Waals surface area contributed by atoms with Crippen LogP contribution in [0.15, 0.2) is 17.0 Å². The Bertz CT molecular complexity index is 789. The Labute approximate surface area is 147 Å². The minimum absolute atomic E-state index is 0.0856. The SMILES string of the molecule is COC(=O)[C@@H](C)N1C(=O)S/C(=C/c2cc(OC)c3c(c2)OCO3)C1=O. The first-order valence-electron chi connectivity index (χ1n) is 7.28. The van der Waals surface area contributed by atoms with Gasteiger partial charge >= 0.3 is 5.97 Å². The lowest BCUT2D eigenvalue weighted by Gasteiger charge is -2.18. The molecule has 1 aromatic rings. The minimum Gasteiger partial charge on any atom is -0.493 e. The molecule has 2 amide bonds. The maximum Gasteiger partial charge on any atom is 0.328 e. The van der Waals surface area contributed by atoms with E-state index in [0.717, 1.165) is 16.7 Å². The predicted octanol–water partition coefficient (Wildman–Crippen LogP) is 2.02. The molecule has 3 rings (SSSR count). The monoisotopic (exact) mass is 365 g/mol. The quantitative estimate of drug-likeness (QED) is 0.591. The topological polar surface area (TPSA) is 91.4 Å². The molecule has 0 aromatic heterocycles. The molecule has 2 heterocycles. The number of amides is 2. The molecule has 25 heavy (non-hydrogen) atoms. The fourth-order valence-corrected chi connectivity index (χ4v) is 3.38. The number of benzene rings is 1. The average molecular weight is 365 g/mol. The van der Waals surface area contributed by atoms with Crippen LogP contribution in [0.4, 0.5) is 4.79 Å². The zero-order valence-corrected chi connectivity index (χ0v) is 14.5. The second-order valence-electron chi connectivity index (χ2n) is 5.21. The predicted molar refractivity (Wildman–Crippen MR) is 88.4 cm³/mol. The van der Waals surface area contributed by atoms with Crippen molar-refractivity contribution in [1.29, 1.82) is 0 Å². The maximum atomic E-state index is 12.5. The van der Waals surface area contributed by atoms with Crippen molar-refractivity contribution in [2.45, 2.75) is 13.0 Å². The Morgan fingerprint density at radius 1 is 1.32 bits per heavy atom. The summed E-state index contributed by atoms with van der Waals surface area (Å²) in [6, 6.07) is 2.36. The molecule has 8 nitrogen and oxygen atoms in total. The van der Waals surface area contributed by atoms with Crippen molar-refractivity contribution in [2.24, 2.45) is 0 Å². The van der Waals surface area contributed by atoms with Gasteiger partial charge in [-0.05, 0) is 42.5 Å². The standard InChI is InChI=1S/C16H15NO7S/c1-8(15(19)22-3)17-14(18)12(25-16(17)20)6-9-4-10(21-2)13-11(5-9)23-7-24-13/h4-6,8H,7H2,1-3H3/b12-6+/t8-/m1/s1. The third-order valence-electron chi connectivity index (χ3n) is 3.73. The fraction of sp³-hybridized carbons (Fsp3) is 0.312. The Kier molecular flexibility index (Phi) is 4.58. The van der Waals surface area contributed by atoms with E-state index in [4.69, 9.17) is 14.2 Å². The van der Waals surface area contributed by atoms with Gasteiger partial charge in [0.15, 0.2) is 11.5 Å². The Hall–Kier alpha value is -2.68. The normalized spacial score (nSPS) is 18.7. The van der Waals surface area contributed by atoms with Crippen LogP contribution >= 0.6 is 11.8 Å². The van der Waals surface area contributed by atoms with E-state index in [1.807, 2.05) is 0 Å². The first-order chi connectivity index (χ1) is 12.0. The number of rotatable bonds is 4. The highest BCUT2D eigenvalue weighted by Crippen LogP contribution is 2.43. The number of hydrogen-bond acceptors (Lipinski definition) is 8. The van der Waals surface area contributed by atoms with E-state index < -0.39 is 23.2 Å². The molecule has 0 unspecified atom stereocenters. The van der Waals surface area contributed by atoms with Crippen LogP contribution in [0.5, 0.6) is 17.2 Å². The number of fused-ring (bicyclic) bond motifs is 1. The molecule has 0 radical (unpaired) electrons. The summed E-state index contributed by atoms with van der Waals surface area (Å²) in [5.74, 6) is 0.237. The van der Waals surface area contributed by atoms with Crippen molar-refractivity contribution in [1.82, 2.24) is 4.90 Å². The van der Waals surface area contributed by atoms with Crippen LogP contribution < -0.4 is 14.2 Å². The lowest BCUT2D eigenvalue weighted by molar-refractivity contribution is -0.148. The summed E-state index contributed by atoms with van der Waals surface area (Å²) in [5, 5.41) is -0.526. The fourth-order valence-electron chi connectivity index (χ4n) is 2.47. The van der Waals surface area contributed by atoms with E-state index in [2.05, 4.69) is 4.74 Å². The molecule has 2 aliphatic rings. The van der Waals surface area contributed by atoms with E-state index in [-0.39, 0.29) is 11.7 Å². The zero-order chi connectivity index (χ0) is 18.1. The largest absolute Gasteiger partial charge is 0.493 e. The van der Waals surface area contributed by atoms with E-state index >= 15 is 0 Å². The average Bonchev–Trinajstić information content (AvgIpc) is 3.17. The van der Waals surface area contributed by atoms with Crippen LogP contribution in [0.25, 0.3) is 6.08 Å². The maximum absolute atomic E-state index is 12.5. The molecule has 132 valence electrons. The van der Waals surface area contributed by atoms with Gasteiger partial charge in [0, 0.05) is 0 Å². The summed E-state index contributed by atoms with van der Waals surface area (Å²) in [6.07, 6.45) is 1.54. The third kappa shape index (κ3) is 3.02. The lowest BCUT2D eigenvalue weighted by Crippen LogP contribution is -2.42. The van der Waals surface area contributed by atoms with Crippen molar-refractivity contribution in [2.75, 3.05) is 21.0 Å². The molecule has 1 saturated heterocycles. The first-order valence-corrected chi connectivity index (χ1v) is 8.10. The van der Waals surface area contributed by atoms with Crippen LogP contribution in [0.2, 0.25) is 0 Å². The van der Waals surface area contributed by atoms with Gasteiger partial charge in [-0.1, -0.05) is 0 Å². The van der Waals surface area contributed by atoms with Crippen LogP contribution in [0.3, 0.4) is 0 Å². The minimum atomic E-state index is -0.991. The summed E-state index contributed by atoms with van der Waals surface area (Å²) >= 11 is 0.757. The van der Waals surface area contributed by atoms with E-state index in [1.165, 1.54) is 21.1 Å². The summed E-state index contributed by atoms with van der Waals surface area (Å²) in [6.45, 7) is 1.52. The number of methoxy groups -OCH3 is 2. The van der Waals surface area contributed by atoms with Crippen LogP contribution in [0.1, 0.15) is 12.5 Å². The zero-order valence-electron chi connectivity index (χ0n) is 13.7. The second-order valence-corrected chi connectivity index (χ2v) is 6.20. The van der Waals surface area contributed by atoms with Gasteiger partial charge in [0.05, 0.1) is 19.1 Å². The first kappa shape index (κ1) is 17.2. The number of esters is 1. The Balaban J connectivity index is 1.91. The molecule has 0 N–H and O–H groups in total. The molecule has 1 aromatic carbocycles. The number of ether oxygens (including phenoxy) is 4. The smallest absolute Gasteiger partial charge is 0.328 e. The van der Waals surface area contributed by atoms with E-state index in [9.17, 15) is 14.4 Å². The summed E-state index contributed by atoms with van der Waals surface area (Å²) in [4.78, 5) is 37.3. The van der Waals surface area contributed by atoms with Crippen molar-refractivity contribution in [3.63, 3.8) is 0 Å². The number of imide groups is 1. The van der Waals surface area contributed by atoms with Crippen LogP contribution in [-0.4, -0.2) is 49.1 Å². The number of carbonyl (C=O) groups excluding carboxylic acids is 3. The van der Waals surface area contributed by atoms with Crippen LogP contribution in [-0.2, 0) is 14.3 Å². The van der Waals surface area contributed by atoms with E-state index in [1.54, 1.807) is 18.2 Å². The summed E-state index contributed by atoms with van der Waals surface area (Å²) in [5.41, 5.74) is 0.609. The number of nitrogens with zero attached hydrogens (tertiary/aromatic N) is 1. The van der Waals surface area contributed by atoms with Gasteiger partial charge in [0.1, 0.15) is 6.04 Å². The van der Waals surface area contributed by atoms with Gasteiger partial charge in [-0.25, -0.2) is 4.79 Å². The third-order valence-corrected chi connectivity index (χ3v) is 4.62. The molecule has 9 heteroatoms. The second kappa shape index (κ2) is 6.67. The summed E-state index contributed by atoms with van der Waals surface area (Å²) in [7, 11) is 2.69. The van der Waals surface area contributed by atoms with E-state index in [0.29, 0.717) is 22.8 Å². The van der Waals surface area contributed by atoms with Crippen molar-refractivity contribution in [3.8, 4) is 17.2 Å². The highest BCUT2D eigenvalue weighted by atomic mass is 32.2. The van der Waals surface area contributed by atoms with Gasteiger partial charge in [-0.3, -0.25) is 14.5 Å². The molecule has 0 saturated carbocycles. The molecule has 0 spiro atoms. The molecule has 0 aliphatic carbocycles. The number of carbonyl (C=O) groups is 3. The van der Waals surface area contributed by atoms with Crippen molar-refractivity contribution >= 4 is 35.0 Å². The lowest BCUT2D eigenvalue weighted by atomic mass is 10.1. The van der Waals surface area contributed by atoms with Gasteiger partial charge < -0.3 is 18.9 Å². The van der Waals surface area contributed by atoms with Crippen LogP contribution in [0, 0.1) is 0 Å². The molecule has 1 atom stereocenters.